The quantitative estimate of drug-likeness (QED) is 0.592. The summed E-state index contributed by atoms with van der Waals surface area (Å²) in [6, 6.07) is 0. The van der Waals surface area contributed by atoms with E-state index in [4.69, 9.17) is 0 Å². The topological polar surface area (TPSA) is 49.4 Å². The molecule has 0 atom stereocenters. The van der Waals surface area contributed by atoms with Crippen molar-refractivity contribution in [3.8, 4) is 0 Å². The zero-order valence-corrected chi connectivity index (χ0v) is 7.81. The summed E-state index contributed by atoms with van der Waals surface area (Å²) < 4.78 is 24.3. The molecule has 0 spiro atoms. The first-order valence-electron chi connectivity index (χ1n) is 3.96. The van der Waals surface area contributed by atoms with Crippen LogP contribution >= 0.6 is 0 Å². The van der Waals surface area contributed by atoms with Crippen LogP contribution in [-0.4, -0.2) is 44.7 Å². The fraction of sp³-hybridized carbons (Fsp3) is 0.714. The van der Waals surface area contributed by atoms with Crippen molar-refractivity contribution >= 4 is 10.0 Å². The van der Waals surface area contributed by atoms with E-state index < -0.39 is 10.0 Å². The Bertz CT molecular complexity index is 248. The maximum absolute atomic E-state index is 11.4. The smallest absolute Gasteiger partial charge is 0.215 e. The van der Waals surface area contributed by atoms with Crippen LogP contribution in [0.1, 0.15) is 0 Å². The van der Waals surface area contributed by atoms with Crippen LogP contribution in [0.25, 0.3) is 0 Å². The van der Waals surface area contributed by atoms with Gasteiger partial charge in [-0.15, -0.1) is 6.58 Å². The highest BCUT2D eigenvalue weighted by Crippen LogP contribution is 2.02. The number of nitrogens with one attached hydrogen (secondary N) is 1. The molecule has 0 aromatic carbocycles. The average Bonchev–Trinajstić information content (AvgIpc) is 2.15. The Balaban J connectivity index is 2.72. The molecule has 1 N–H and O–H groups in total. The summed E-state index contributed by atoms with van der Waals surface area (Å²) >= 11 is 0. The van der Waals surface area contributed by atoms with Crippen LogP contribution in [0, 0.1) is 0 Å². The van der Waals surface area contributed by atoms with E-state index in [-0.39, 0.29) is 5.75 Å². The van der Waals surface area contributed by atoms with E-state index in [9.17, 15) is 8.42 Å². The van der Waals surface area contributed by atoms with Gasteiger partial charge in [-0.3, -0.25) is 0 Å². The zero-order chi connectivity index (χ0) is 9.03. The Morgan fingerprint density at radius 3 is 2.92 bits per heavy atom. The van der Waals surface area contributed by atoms with E-state index >= 15 is 0 Å². The van der Waals surface area contributed by atoms with Crippen LogP contribution in [0.15, 0.2) is 12.7 Å². The third-order valence-electron chi connectivity index (χ3n) is 1.80. The van der Waals surface area contributed by atoms with Crippen LogP contribution in [0.3, 0.4) is 0 Å². The van der Waals surface area contributed by atoms with Gasteiger partial charge >= 0.3 is 0 Å². The van der Waals surface area contributed by atoms with Crippen molar-refractivity contribution in [2.24, 2.45) is 0 Å². The van der Waals surface area contributed by atoms with Gasteiger partial charge in [-0.25, -0.2) is 8.42 Å². The number of rotatable bonds is 2. The molecule has 1 heterocycles. The van der Waals surface area contributed by atoms with E-state index in [1.807, 2.05) is 0 Å². The molecule has 0 unspecified atom stereocenters. The summed E-state index contributed by atoms with van der Waals surface area (Å²) in [4.78, 5) is 0. The van der Waals surface area contributed by atoms with Crippen LogP contribution in [0.5, 0.6) is 0 Å². The van der Waals surface area contributed by atoms with E-state index in [2.05, 4.69) is 11.9 Å². The molecule has 0 aliphatic carbocycles. The highest BCUT2D eigenvalue weighted by molar-refractivity contribution is 7.89. The minimum atomic E-state index is -3.02. The Morgan fingerprint density at radius 2 is 2.25 bits per heavy atom. The van der Waals surface area contributed by atoms with E-state index in [1.54, 1.807) is 6.08 Å². The van der Waals surface area contributed by atoms with Gasteiger partial charge in [-0.2, -0.15) is 4.31 Å². The van der Waals surface area contributed by atoms with Crippen LogP contribution in [0.4, 0.5) is 0 Å². The lowest BCUT2D eigenvalue weighted by Gasteiger charge is -2.16. The van der Waals surface area contributed by atoms with Crippen LogP contribution in [0.2, 0.25) is 0 Å². The van der Waals surface area contributed by atoms with Gasteiger partial charge in [0.1, 0.15) is 0 Å². The van der Waals surface area contributed by atoms with Crippen molar-refractivity contribution in [3.05, 3.63) is 12.7 Å². The fourth-order valence-corrected chi connectivity index (χ4v) is 2.51. The molecule has 0 aromatic heterocycles. The Kier molecular flexibility index (Phi) is 3.25. The molecular weight excluding hydrogens is 176 g/mol. The summed E-state index contributed by atoms with van der Waals surface area (Å²) in [5, 5.41) is 3.04. The van der Waals surface area contributed by atoms with Crippen molar-refractivity contribution in [2.75, 3.05) is 31.9 Å². The first kappa shape index (κ1) is 9.70. The minimum absolute atomic E-state index is 0.195. The zero-order valence-electron chi connectivity index (χ0n) is 6.99. The van der Waals surface area contributed by atoms with Crippen LogP contribution in [-0.2, 0) is 10.0 Å². The predicted molar refractivity (Wildman–Crippen MR) is 48.4 cm³/mol. The molecule has 1 fully saturated rings. The van der Waals surface area contributed by atoms with Crippen molar-refractivity contribution in [2.45, 2.75) is 0 Å². The van der Waals surface area contributed by atoms with Crippen LogP contribution < -0.4 is 5.32 Å². The number of sulfonamides is 1. The summed E-state index contributed by atoms with van der Waals surface area (Å²) in [6.07, 6.45) is 1.61. The second kappa shape index (κ2) is 4.02. The lowest BCUT2D eigenvalue weighted by Crippen LogP contribution is -2.33. The van der Waals surface area contributed by atoms with Gasteiger partial charge < -0.3 is 5.32 Å². The molecule has 0 bridgehead atoms. The second-order valence-corrected chi connectivity index (χ2v) is 4.80. The number of hydrogen-bond donors (Lipinski definition) is 1. The molecule has 5 heteroatoms. The van der Waals surface area contributed by atoms with Gasteiger partial charge in [0.25, 0.3) is 0 Å². The highest BCUT2D eigenvalue weighted by Gasteiger charge is 2.22. The normalized spacial score (nSPS) is 24.7. The molecule has 0 aromatic rings. The third kappa shape index (κ3) is 2.30. The minimum Gasteiger partial charge on any atom is -0.314 e. The second-order valence-electron chi connectivity index (χ2n) is 2.71. The van der Waals surface area contributed by atoms with Gasteiger partial charge in [0, 0.05) is 26.2 Å². The lowest BCUT2D eigenvalue weighted by atomic mass is 10.5. The first-order chi connectivity index (χ1) is 5.67. The molecule has 12 heavy (non-hydrogen) atoms. The fourth-order valence-electron chi connectivity index (χ4n) is 1.15. The van der Waals surface area contributed by atoms with Crippen molar-refractivity contribution < 1.29 is 8.42 Å². The van der Waals surface area contributed by atoms with Crippen molar-refractivity contribution in [3.63, 3.8) is 0 Å². The van der Waals surface area contributed by atoms with E-state index in [0.717, 1.165) is 6.54 Å². The Labute approximate surface area is 73.3 Å². The Hall–Kier alpha value is -0.390. The largest absolute Gasteiger partial charge is 0.314 e. The number of hydrogen-bond acceptors (Lipinski definition) is 3. The molecule has 4 nitrogen and oxygen atoms in total. The molecule has 0 radical (unpaired) electrons. The first-order valence-corrected chi connectivity index (χ1v) is 5.57. The van der Waals surface area contributed by atoms with Gasteiger partial charge in [0.05, 0.1) is 5.75 Å². The lowest BCUT2D eigenvalue weighted by molar-refractivity contribution is 0.452. The summed E-state index contributed by atoms with van der Waals surface area (Å²) in [5.41, 5.74) is 0. The number of nitrogens with zero attached hydrogens (tertiary/aromatic N) is 1. The standard InChI is InChI=1S/C7H14N2O2S/c1-2-5-9-6-3-8-4-7-12(9,10)11/h2,8H,1,3-7H2. The van der Waals surface area contributed by atoms with Gasteiger partial charge in [-0.1, -0.05) is 6.08 Å². The van der Waals surface area contributed by atoms with Crippen molar-refractivity contribution in [1.82, 2.24) is 9.62 Å². The summed E-state index contributed by atoms with van der Waals surface area (Å²) in [6.45, 7) is 5.78. The maximum Gasteiger partial charge on any atom is 0.215 e. The molecule has 1 aliphatic rings. The monoisotopic (exact) mass is 190 g/mol. The predicted octanol–water partition coefficient (Wildman–Crippen LogP) is -0.593. The average molecular weight is 190 g/mol. The molecular formula is C7H14N2O2S. The van der Waals surface area contributed by atoms with Gasteiger partial charge in [0.15, 0.2) is 0 Å². The molecule has 1 aliphatic heterocycles. The molecule has 1 rings (SSSR count). The summed E-state index contributed by atoms with van der Waals surface area (Å²) in [7, 11) is -3.02. The molecule has 1 saturated heterocycles. The Morgan fingerprint density at radius 1 is 1.50 bits per heavy atom. The summed E-state index contributed by atoms with van der Waals surface area (Å²) in [5.74, 6) is 0.195. The van der Waals surface area contributed by atoms with E-state index in [1.165, 1.54) is 4.31 Å². The molecule has 0 amide bonds. The van der Waals surface area contributed by atoms with Crippen molar-refractivity contribution in [1.29, 1.82) is 0 Å². The third-order valence-corrected chi connectivity index (χ3v) is 3.64. The molecule has 70 valence electrons. The highest BCUT2D eigenvalue weighted by atomic mass is 32.2. The van der Waals surface area contributed by atoms with Gasteiger partial charge in [-0.05, 0) is 0 Å². The SMILES string of the molecule is C=CCN1CCNCCS1(=O)=O. The maximum atomic E-state index is 11.4. The molecule has 0 saturated carbocycles. The van der Waals surface area contributed by atoms with Gasteiger partial charge in [0.2, 0.25) is 10.0 Å². The van der Waals surface area contributed by atoms with E-state index in [0.29, 0.717) is 19.6 Å².